The van der Waals surface area contributed by atoms with E-state index in [9.17, 15) is 4.79 Å². The zero-order valence-corrected chi connectivity index (χ0v) is 16.3. The lowest BCUT2D eigenvalue weighted by molar-refractivity contribution is -0.123. The minimum absolute atomic E-state index is 0.0767. The van der Waals surface area contributed by atoms with E-state index in [0.717, 1.165) is 11.1 Å². The van der Waals surface area contributed by atoms with Gasteiger partial charge in [-0.1, -0.05) is 0 Å². The van der Waals surface area contributed by atoms with Crippen molar-refractivity contribution in [2.24, 2.45) is 0 Å². The van der Waals surface area contributed by atoms with E-state index in [1.54, 1.807) is 30.8 Å². The van der Waals surface area contributed by atoms with E-state index in [1.165, 1.54) is 0 Å². The average Bonchev–Trinajstić information content (AvgIpc) is 3.22. The highest BCUT2D eigenvalue weighted by Crippen LogP contribution is 2.26. The summed E-state index contributed by atoms with van der Waals surface area (Å²) in [5, 5.41) is 2.86. The third kappa shape index (κ3) is 5.17. The Kier molecular flexibility index (Phi) is 6.39. The summed E-state index contributed by atoms with van der Waals surface area (Å²) in [4.78, 5) is 22.9. The molecule has 1 N–H and O–H groups in total. The highest BCUT2D eigenvalue weighted by atomic mass is 16.5. The van der Waals surface area contributed by atoms with E-state index in [1.807, 2.05) is 50.2 Å². The molecule has 0 fully saturated rings. The molecule has 0 bridgehead atoms. The number of amides is 1. The van der Waals surface area contributed by atoms with Gasteiger partial charge in [-0.05, 0) is 57.4 Å². The summed E-state index contributed by atoms with van der Waals surface area (Å²) in [6.45, 7) is 2.45. The molecule has 3 aromatic rings. The zero-order valence-electron chi connectivity index (χ0n) is 16.3. The molecule has 7 heteroatoms. The normalized spacial score (nSPS) is 12.0. The number of furan rings is 1. The Bertz CT molecular complexity index is 895. The molecule has 0 radical (unpaired) electrons. The van der Waals surface area contributed by atoms with Crippen LogP contribution in [0.1, 0.15) is 24.3 Å². The van der Waals surface area contributed by atoms with E-state index in [2.05, 4.69) is 15.3 Å². The van der Waals surface area contributed by atoms with Gasteiger partial charge < -0.3 is 19.4 Å². The Morgan fingerprint density at radius 2 is 2.00 bits per heavy atom. The lowest BCUT2D eigenvalue weighted by Crippen LogP contribution is -2.31. The molecule has 3 rings (SSSR count). The first kappa shape index (κ1) is 19.6. The second-order valence-corrected chi connectivity index (χ2v) is 6.73. The largest absolute Gasteiger partial charge is 0.483 e. The number of nitrogens with zero attached hydrogens (tertiary/aromatic N) is 3. The summed E-state index contributed by atoms with van der Waals surface area (Å²) in [5.41, 5.74) is 1.86. The number of benzene rings is 1. The average molecular weight is 380 g/mol. The molecule has 2 heterocycles. The fourth-order valence-electron chi connectivity index (χ4n) is 2.81. The molecule has 0 saturated heterocycles. The molecule has 0 aliphatic rings. The topological polar surface area (TPSA) is 80.5 Å². The van der Waals surface area contributed by atoms with Gasteiger partial charge in [0, 0.05) is 30.1 Å². The molecule has 2 aromatic heterocycles. The molecule has 1 atom stereocenters. The number of aromatic nitrogens is 2. The number of nitrogens with one attached hydrogen (secondary N) is 1. The number of hydrogen-bond donors (Lipinski definition) is 1. The minimum atomic E-state index is -0.218. The van der Waals surface area contributed by atoms with Crippen molar-refractivity contribution < 1.29 is 13.9 Å². The quantitative estimate of drug-likeness (QED) is 0.647. The first-order valence-corrected chi connectivity index (χ1v) is 9.03. The van der Waals surface area contributed by atoms with Crippen LogP contribution in [0.4, 0.5) is 0 Å². The number of carbonyl (C=O) groups is 1. The zero-order chi connectivity index (χ0) is 19.9. The fraction of sp³-hybridized carbons (Fsp3) is 0.286. The van der Waals surface area contributed by atoms with Gasteiger partial charge in [-0.3, -0.25) is 4.79 Å². The Hall–Kier alpha value is -3.19. The summed E-state index contributed by atoms with van der Waals surface area (Å²) in [6, 6.07) is 10.9. The molecular formula is C21H24N4O3. The van der Waals surface area contributed by atoms with Gasteiger partial charge in [-0.25, -0.2) is 9.97 Å². The van der Waals surface area contributed by atoms with Gasteiger partial charge in [0.05, 0.1) is 12.3 Å². The SMILES string of the molecule is CC(NC(=O)COc1ccc(-c2ncccn2)cc1CN(C)C)c1ccco1. The molecular weight excluding hydrogens is 356 g/mol. The number of rotatable bonds is 8. The van der Waals surface area contributed by atoms with Crippen molar-refractivity contribution in [3.8, 4) is 17.1 Å². The molecule has 0 saturated carbocycles. The van der Waals surface area contributed by atoms with E-state index in [4.69, 9.17) is 9.15 Å². The lowest BCUT2D eigenvalue weighted by Gasteiger charge is -2.17. The molecule has 7 nitrogen and oxygen atoms in total. The fourth-order valence-corrected chi connectivity index (χ4v) is 2.81. The van der Waals surface area contributed by atoms with Gasteiger partial charge in [0.1, 0.15) is 11.5 Å². The molecule has 1 amide bonds. The van der Waals surface area contributed by atoms with Gasteiger partial charge in [0.25, 0.3) is 5.91 Å². The van der Waals surface area contributed by atoms with Crippen LogP contribution in [0.5, 0.6) is 5.75 Å². The van der Waals surface area contributed by atoms with Gasteiger partial charge in [0.15, 0.2) is 12.4 Å². The maximum atomic E-state index is 12.2. The van der Waals surface area contributed by atoms with Crippen LogP contribution in [0.2, 0.25) is 0 Å². The van der Waals surface area contributed by atoms with Gasteiger partial charge in [-0.15, -0.1) is 0 Å². The molecule has 28 heavy (non-hydrogen) atoms. The standard InChI is InChI=1S/C21H24N4O3/c1-15(18-6-4-11-27-18)24-20(26)14-28-19-8-7-16(12-17(19)13-25(2)3)21-22-9-5-10-23-21/h4-12,15H,13-14H2,1-3H3,(H,24,26). The van der Waals surface area contributed by atoms with E-state index in [-0.39, 0.29) is 18.6 Å². The van der Waals surface area contributed by atoms with Crippen LogP contribution >= 0.6 is 0 Å². The third-order valence-corrected chi connectivity index (χ3v) is 4.08. The van der Waals surface area contributed by atoms with Crippen molar-refractivity contribution in [1.29, 1.82) is 0 Å². The van der Waals surface area contributed by atoms with Crippen LogP contribution in [0.25, 0.3) is 11.4 Å². The Morgan fingerprint density at radius 1 is 1.21 bits per heavy atom. The third-order valence-electron chi connectivity index (χ3n) is 4.08. The van der Waals surface area contributed by atoms with Crippen LogP contribution in [-0.4, -0.2) is 41.5 Å². The van der Waals surface area contributed by atoms with Crippen LogP contribution in [0, 0.1) is 0 Å². The monoisotopic (exact) mass is 380 g/mol. The molecule has 0 spiro atoms. The highest BCUT2D eigenvalue weighted by Gasteiger charge is 2.14. The summed E-state index contributed by atoms with van der Waals surface area (Å²) in [5.74, 6) is 1.80. The Morgan fingerprint density at radius 3 is 2.68 bits per heavy atom. The molecule has 0 aliphatic carbocycles. The van der Waals surface area contributed by atoms with Crippen molar-refractivity contribution in [3.63, 3.8) is 0 Å². The van der Waals surface area contributed by atoms with E-state index >= 15 is 0 Å². The Balaban J connectivity index is 1.69. The summed E-state index contributed by atoms with van der Waals surface area (Å²) in [7, 11) is 3.96. The number of carbonyl (C=O) groups excluding carboxylic acids is 1. The van der Waals surface area contributed by atoms with Gasteiger partial charge in [0.2, 0.25) is 0 Å². The van der Waals surface area contributed by atoms with Crippen molar-refractivity contribution in [1.82, 2.24) is 20.2 Å². The minimum Gasteiger partial charge on any atom is -0.483 e. The summed E-state index contributed by atoms with van der Waals surface area (Å²) >= 11 is 0. The predicted molar refractivity (Wildman–Crippen MR) is 106 cm³/mol. The summed E-state index contributed by atoms with van der Waals surface area (Å²) < 4.78 is 11.1. The van der Waals surface area contributed by atoms with Crippen LogP contribution in [-0.2, 0) is 11.3 Å². The number of ether oxygens (including phenoxy) is 1. The maximum Gasteiger partial charge on any atom is 0.258 e. The maximum absolute atomic E-state index is 12.2. The summed E-state index contributed by atoms with van der Waals surface area (Å²) in [6.07, 6.45) is 5.01. The predicted octanol–water partition coefficient (Wildman–Crippen LogP) is 3.05. The van der Waals surface area contributed by atoms with Crippen LogP contribution < -0.4 is 10.1 Å². The lowest BCUT2D eigenvalue weighted by atomic mass is 10.1. The highest BCUT2D eigenvalue weighted by molar-refractivity contribution is 5.78. The van der Waals surface area contributed by atoms with Gasteiger partial charge >= 0.3 is 0 Å². The van der Waals surface area contributed by atoms with Crippen molar-refractivity contribution >= 4 is 5.91 Å². The van der Waals surface area contributed by atoms with Crippen molar-refractivity contribution in [2.75, 3.05) is 20.7 Å². The first-order valence-electron chi connectivity index (χ1n) is 9.03. The molecule has 1 unspecified atom stereocenters. The molecule has 0 aliphatic heterocycles. The first-order chi connectivity index (χ1) is 13.5. The smallest absolute Gasteiger partial charge is 0.258 e. The molecule has 1 aromatic carbocycles. The van der Waals surface area contributed by atoms with Crippen LogP contribution in [0.3, 0.4) is 0 Å². The van der Waals surface area contributed by atoms with E-state index in [0.29, 0.717) is 23.9 Å². The van der Waals surface area contributed by atoms with Gasteiger partial charge in [-0.2, -0.15) is 0 Å². The second-order valence-electron chi connectivity index (χ2n) is 6.73. The number of hydrogen-bond acceptors (Lipinski definition) is 6. The second kappa shape index (κ2) is 9.14. The van der Waals surface area contributed by atoms with Crippen molar-refractivity contribution in [3.05, 3.63) is 66.4 Å². The van der Waals surface area contributed by atoms with Crippen LogP contribution in [0.15, 0.2) is 59.5 Å². The van der Waals surface area contributed by atoms with Crippen molar-refractivity contribution in [2.45, 2.75) is 19.5 Å². The van der Waals surface area contributed by atoms with E-state index < -0.39 is 0 Å². The molecule has 146 valence electrons. The Labute approximate surface area is 164 Å².